The standard InChI is InChI=1S/C19H18ClF4N3O4/c1-10(4-5-25-16(28)9-29-12-2-3-14(20)15(21)7-12)17-26-27-18(31-17)13-6-11(13)8-30-19(22,23)24/h2-3,7,11,13H,1,4-6,8-9H2,(H,25,28)/t11-,13+/m1/s1. The van der Waals surface area contributed by atoms with Gasteiger partial charge in [-0.2, -0.15) is 0 Å². The van der Waals surface area contributed by atoms with Gasteiger partial charge < -0.3 is 14.5 Å². The van der Waals surface area contributed by atoms with Gasteiger partial charge in [-0.05, 0) is 30.9 Å². The van der Waals surface area contributed by atoms with E-state index in [4.69, 9.17) is 20.8 Å². The molecule has 1 aromatic carbocycles. The first-order valence-corrected chi connectivity index (χ1v) is 9.57. The molecule has 0 radical (unpaired) electrons. The van der Waals surface area contributed by atoms with Crippen LogP contribution in [0.3, 0.4) is 0 Å². The molecule has 0 aliphatic heterocycles. The van der Waals surface area contributed by atoms with Gasteiger partial charge in [0.25, 0.3) is 5.91 Å². The van der Waals surface area contributed by atoms with E-state index in [-0.39, 0.29) is 47.5 Å². The van der Waals surface area contributed by atoms with Gasteiger partial charge in [0.15, 0.2) is 6.61 Å². The topological polar surface area (TPSA) is 86.5 Å². The average Bonchev–Trinajstić information content (AvgIpc) is 3.32. The van der Waals surface area contributed by atoms with E-state index in [9.17, 15) is 22.4 Å². The first-order valence-electron chi connectivity index (χ1n) is 9.19. The van der Waals surface area contributed by atoms with Gasteiger partial charge in [0.1, 0.15) is 11.6 Å². The Morgan fingerprint density at radius 1 is 1.35 bits per heavy atom. The fraction of sp³-hybridized carbons (Fsp3) is 0.421. The highest BCUT2D eigenvalue weighted by Crippen LogP contribution is 2.47. The van der Waals surface area contributed by atoms with Crippen LogP contribution in [0.4, 0.5) is 17.6 Å². The lowest BCUT2D eigenvalue weighted by atomic mass is 10.2. The molecular weight excluding hydrogens is 446 g/mol. The molecule has 1 saturated carbocycles. The zero-order valence-electron chi connectivity index (χ0n) is 16.0. The van der Waals surface area contributed by atoms with Gasteiger partial charge in [-0.3, -0.25) is 9.53 Å². The molecule has 1 aromatic heterocycles. The molecule has 3 rings (SSSR count). The fourth-order valence-corrected chi connectivity index (χ4v) is 2.81. The van der Waals surface area contributed by atoms with Gasteiger partial charge in [-0.15, -0.1) is 23.4 Å². The van der Waals surface area contributed by atoms with Crippen LogP contribution in [0.2, 0.25) is 5.02 Å². The zero-order chi connectivity index (χ0) is 22.6. The summed E-state index contributed by atoms with van der Waals surface area (Å²) in [4.78, 5) is 11.8. The number of aromatic nitrogens is 2. The van der Waals surface area contributed by atoms with E-state index in [0.29, 0.717) is 18.4 Å². The third-order valence-electron chi connectivity index (χ3n) is 4.45. The highest BCUT2D eigenvalue weighted by Gasteiger charge is 2.45. The summed E-state index contributed by atoms with van der Waals surface area (Å²) in [6.07, 6.45) is -3.89. The Bertz CT molecular complexity index is 950. The van der Waals surface area contributed by atoms with Crippen molar-refractivity contribution in [3.05, 3.63) is 47.4 Å². The number of amides is 1. The Balaban J connectivity index is 1.36. The van der Waals surface area contributed by atoms with Crippen LogP contribution < -0.4 is 10.1 Å². The van der Waals surface area contributed by atoms with E-state index in [2.05, 4.69) is 26.8 Å². The third kappa shape index (κ3) is 6.93. The second kappa shape index (κ2) is 9.65. The van der Waals surface area contributed by atoms with E-state index in [0.717, 1.165) is 6.07 Å². The molecule has 2 atom stereocenters. The highest BCUT2D eigenvalue weighted by atomic mass is 35.5. The molecule has 7 nitrogen and oxygen atoms in total. The van der Waals surface area contributed by atoms with Crippen molar-refractivity contribution in [3.63, 3.8) is 0 Å². The quantitative estimate of drug-likeness (QED) is 0.534. The number of hydrogen-bond donors (Lipinski definition) is 1. The number of benzene rings is 1. The fourth-order valence-electron chi connectivity index (χ4n) is 2.69. The second-order valence-corrected chi connectivity index (χ2v) is 7.28. The lowest BCUT2D eigenvalue weighted by Gasteiger charge is -2.08. The first-order chi connectivity index (χ1) is 14.6. The number of carbonyl (C=O) groups excluding carboxylic acids is 1. The average molecular weight is 464 g/mol. The number of nitrogens with one attached hydrogen (secondary N) is 1. The Morgan fingerprint density at radius 3 is 2.84 bits per heavy atom. The van der Waals surface area contributed by atoms with Crippen molar-refractivity contribution >= 4 is 23.1 Å². The maximum absolute atomic E-state index is 13.3. The molecule has 0 spiro atoms. The Kier molecular flexibility index (Phi) is 7.16. The van der Waals surface area contributed by atoms with Gasteiger partial charge in [-0.25, -0.2) is 4.39 Å². The number of rotatable bonds is 10. The van der Waals surface area contributed by atoms with Crippen molar-refractivity contribution in [2.75, 3.05) is 19.8 Å². The molecule has 31 heavy (non-hydrogen) atoms. The maximum Gasteiger partial charge on any atom is 0.522 e. The molecule has 168 valence electrons. The van der Waals surface area contributed by atoms with Crippen LogP contribution in [0.25, 0.3) is 5.57 Å². The predicted octanol–water partition coefficient (Wildman–Crippen LogP) is 4.10. The molecule has 0 saturated heterocycles. The van der Waals surface area contributed by atoms with Crippen LogP contribution in [0.1, 0.15) is 30.5 Å². The molecule has 2 aromatic rings. The molecule has 1 aliphatic rings. The summed E-state index contributed by atoms with van der Waals surface area (Å²) in [6, 6.07) is 3.83. The van der Waals surface area contributed by atoms with Crippen LogP contribution in [-0.2, 0) is 9.53 Å². The lowest BCUT2D eigenvalue weighted by Crippen LogP contribution is -2.29. The summed E-state index contributed by atoms with van der Waals surface area (Å²) in [6.45, 7) is 3.24. The number of nitrogens with zero attached hydrogens (tertiary/aromatic N) is 2. The molecule has 1 amide bonds. The van der Waals surface area contributed by atoms with Crippen LogP contribution in [0, 0.1) is 11.7 Å². The monoisotopic (exact) mass is 463 g/mol. The molecule has 12 heteroatoms. The van der Waals surface area contributed by atoms with Gasteiger partial charge in [0.05, 0.1) is 11.6 Å². The van der Waals surface area contributed by atoms with Crippen molar-refractivity contribution in [2.45, 2.75) is 25.1 Å². The molecule has 0 bridgehead atoms. The number of halogens is 5. The van der Waals surface area contributed by atoms with Crippen LogP contribution >= 0.6 is 11.6 Å². The third-order valence-corrected chi connectivity index (χ3v) is 4.76. The molecule has 1 fully saturated rings. The van der Waals surface area contributed by atoms with Gasteiger partial charge in [-0.1, -0.05) is 18.2 Å². The Labute approximate surface area is 179 Å². The molecule has 1 heterocycles. The van der Waals surface area contributed by atoms with Crippen molar-refractivity contribution < 1.29 is 36.2 Å². The summed E-state index contributed by atoms with van der Waals surface area (Å²) >= 11 is 5.57. The molecular formula is C19H18ClF4N3O4. The van der Waals surface area contributed by atoms with Gasteiger partial charge in [0, 0.05) is 24.1 Å². The number of ether oxygens (including phenoxy) is 2. The van der Waals surface area contributed by atoms with Crippen LogP contribution in [-0.4, -0.2) is 42.2 Å². The Hall–Kier alpha value is -2.66. The number of carbonyl (C=O) groups is 1. The smallest absolute Gasteiger partial charge is 0.484 e. The van der Waals surface area contributed by atoms with Crippen molar-refractivity contribution in [1.82, 2.24) is 15.5 Å². The SMILES string of the molecule is C=C(CCNC(=O)COc1ccc(Cl)c(F)c1)c1nnc([C@H]2C[C@@H]2COC(F)(F)F)o1. The van der Waals surface area contributed by atoms with Crippen molar-refractivity contribution in [3.8, 4) is 5.75 Å². The predicted molar refractivity (Wildman–Crippen MR) is 101 cm³/mol. The molecule has 1 aliphatic carbocycles. The minimum absolute atomic E-state index is 0.0497. The van der Waals surface area contributed by atoms with Crippen molar-refractivity contribution in [1.29, 1.82) is 0 Å². The Morgan fingerprint density at radius 2 is 2.13 bits per heavy atom. The van der Waals surface area contributed by atoms with E-state index >= 15 is 0 Å². The van der Waals surface area contributed by atoms with E-state index in [1.54, 1.807) is 0 Å². The first kappa shape index (κ1) is 23.0. The summed E-state index contributed by atoms with van der Waals surface area (Å²) in [5, 5.41) is 10.3. The van der Waals surface area contributed by atoms with E-state index < -0.39 is 24.7 Å². The summed E-state index contributed by atoms with van der Waals surface area (Å²) in [5.41, 5.74) is 0.462. The summed E-state index contributed by atoms with van der Waals surface area (Å²) in [5.74, 6) is -1.12. The normalized spacial score (nSPS) is 18.0. The number of alkyl halides is 3. The maximum atomic E-state index is 13.3. The van der Waals surface area contributed by atoms with Gasteiger partial charge >= 0.3 is 6.36 Å². The van der Waals surface area contributed by atoms with E-state index in [1.807, 2.05) is 0 Å². The van der Waals surface area contributed by atoms with E-state index in [1.165, 1.54) is 12.1 Å². The minimum Gasteiger partial charge on any atom is -0.484 e. The zero-order valence-corrected chi connectivity index (χ0v) is 16.8. The van der Waals surface area contributed by atoms with Gasteiger partial charge in [0.2, 0.25) is 11.8 Å². The summed E-state index contributed by atoms with van der Waals surface area (Å²) in [7, 11) is 0. The summed E-state index contributed by atoms with van der Waals surface area (Å²) < 4.78 is 64.0. The number of hydrogen-bond acceptors (Lipinski definition) is 6. The molecule has 1 N–H and O–H groups in total. The van der Waals surface area contributed by atoms with Crippen LogP contribution in [0.5, 0.6) is 5.75 Å². The highest BCUT2D eigenvalue weighted by molar-refractivity contribution is 6.30. The largest absolute Gasteiger partial charge is 0.522 e. The minimum atomic E-state index is -4.66. The van der Waals surface area contributed by atoms with Crippen molar-refractivity contribution in [2.24, 2.45) is 5.92 Å². The second-order valence-electron chi connectivity index (χ2n) is 6.87. The van der Waals surface area contributed by atoms with Crippen LogP contribution in [0.15, 0.2) is 29.2 Å². The lowest BCUT2D eigenvalue weighted by molar-refractivity contribution is -0.326. The molecule has 0 unspecified atom stereocenters.